The zero-order valence-electron chi connectivity index (χ0n) is 11.5. The molecule has 0 aromatic heterocycles. The average Bonchev–Trinajstić information content (AvgIpc) is 2.41. The molecule has 2 rings (SSSR count). The molecule has 1 saturated carbocycles. The van der Waals surface area contributed by atoms with Crippen molar-refractivity contribution in [3.05, 3.63) is 29.8 Å². The van der Waals surface area contributed by atoms with Gasteiger partial charge in [0.25, 0.3) is 0 Å². The summed E-state index contributed by atoms with van der Waals surface area (Å²) in [5, 5.41) is 12.8. The molecule has 0 heterocycles. The van der Waals surface area contributed by atoms with Crippen LogP contribution in [0.5, 0.6) is 0 Å². The van der Waals surface area contributed by atoms with E-state index in [2.05, 4.69) is 5.32 Å². The van der Waals surface area contributed by atoms with Crippen molar-refractivity contribution >= 4 is 5.69 Å². The van der Waals surface area contributed by atoms with Gasteiger partial charge >= 0.3 is 6.18 Å². The van der Waals surface area contributed by atoms with Crippen LogP contribution in [0, 0.1) is 12.8 Å². The van der Waals surface area contributed by atoms with E-state index in [1.165, 1.54) is 0 Å². The summed E-state index contributed by atoms with van der Waals surface area (Å²) in [6.07, 6.45) is -3.31. The van der Waals surface area contributed by atoms with Crippen LogP contribution >= 0.6 is 0 Å². The summed E-state index contributed by atoms with van der Waals surface area (Å²) in [4.78, 5) is 0. The Kier molecular flexibility index (Phi) is 4.28. The molecule has 5 heteroatoms. The van der Waals surface area contributed by atoms with Crippen LogP contribution in [0.1, 0.15) is 31.2 Å². The summed E-state index contributed by atoms with van der Waals surface area (Å²) in [6.45, 7) is 1.82. The molecule has 0 unspecified atom stereocenters. The van der Waals surface area contributed by atoms with Gasteiger partial charge in [-0.3, -0.25) is 0 Å². The standard InChI is InChI=1S/C15H20F3NO/c1-11-2-4-13(5-3-11)19-14(10-20)8-6-12(7-9-14)15(16,17)18/h2-5,12,19-20H,6-10H2,1H3. The van der Waals surface area contributed by atoms with E-state index in [1.807, 2.05) is 31.2 Å². The second-order valence-electron chi connectivity index (χ2n) is 5.75. The van der Waals surface area contributed by atoms with E-state index in [1.54, 1.807) is 0 Å². The highest BCUT2D eigenvalue weighted by atomic mass is 19.4. The van der Waals surface area contributed by atoms with Gasteiger partial charge in [-0.15, -0.1) is 0 Å². The van der Waals surface area contributed by atoms with Gasteiger partial charge in [-0.1, -0.05) is 17.7 Å². The summed E-state index contributed by atoms with van der Waals surface area (Å²) in [5.41, 5.74) is 1.33. The third-order valence-electron chi connectivity index (χ3n) is 4.17. The summed E-state index contributed by atoms with van der Waals surface area (Å²) in [6, 6.07) is 7.66. The molecule has 2 N–H and O–H groups in total. The highest BCUT2D eigenvalue weighted by Crippen LogP contribution is 2.42. The number of hydrogen-bond acceptors (Lipinski definition) is 2. The normalized spacial score (nSPS) is 27.4. The van der Waals surface area contributed by atoms with Gasteiger partial charge in [0.15, 0.2) is 0 Å². The maximum absolute atomic E-state index is 12.7. The van der Waals surface area contributed by atoms with E-state index in [4.69, 9.17) is 0 Å². The molecule has 1 aromatic carbocycles. The molecule has 1 aromatic rings. The molecule has 2 nitrogen and oxygen atoms in total. The quantitative estimate of drug-likeness (QED) is 0.884. The van der Waals surface area contributed by atoms with Gasteiger partial charge in [-0.2, -0.15) is 13.2 Å². The summed E-state index contributed by atoms with van der Waals surface area (Å²) in [5.74, 6) is -1.23. The fourth-order valence-electron chi connectivity index (χ4n) is 2.76. The molecule has 0 atom stereocenters. The SMILES string of the molecule is Cc1ccc(NC2(CO)CCC(C(F)(F)F)CC2)cc1. The number of nitrogens with one attached hydrogen (secondary N) is 1. The molecule has 112 valence electrons. The molecule has 0 amide bonds. The molecule has 20 heavy (non-hydrogen) atoms. The van der Waals surface area contributed by atoms with Crippen molar-refractivity contribution < 1.29 is 18.3 Å². The van der Waals surface area contributed by atoms with Crippen LogP contribution in [0.3, 0.4) is 0 Å². The number of benzene rings is 1. The number of aliphatic hydroxyl groups excluding tert-OH is 1. The Morgan fingerprint density at radius 1 is 1.20 bits per heavy atom. The molecule has 0 aliphatic heterocycles. The maximum Gasteiger partial charge on any atom is 0.391 e. The van der Waals surface area contributed by atoms with Crippen molar-refractivity contribution in [1.29, 1.82) is 0 Å². The molecule has 0 bridgehead atoms. The van der Waals surface area contributed by atoms with Crippen molar-refractivity contribution in [1.82, 2.24) is 0 Å². The number of aryl methyl sites for hydroxylation is 1. The van der Waals surface area contributed by atoms with Gasteiger partial charge < -0.3 is 10.4 Å². The molecule has 0 radical (unpaired) electrons. The Bertz CT molecular complexity index is 433. The number of rotatable bonds is 3. The van der Waals surface area contributed by atoms with Crippen LogP contribution in [0.2, 0.25) is 0 Å². The molecule has 1 aliphatic rings. The van der Waals surface area contributed by atoms with Crippen molar-refractivity contribution in [3.8, 4) is 0 Å². The summed E-state index contributed by atoms with van der Waals surface area (Å²) < 4.78 is 38.1. The minimum absolute atomic E-state index is 0.0723. The lowest BCUT2D eigenvalue weighted by Crippen LogP contribution is -2.47. The first-order valence-electron chi connectivity index (χ1n) is 6.87. The van der Waals surface area contributed by atoms with E-state index in [9.17, 15) is 18.3 Å². The second kappa shape index (κ2) is 5.64. The number of halogens is 3. The monoisotopic (exact) mass is 287 g/mol. The minimum atomic E-state index is -4.12. The Labute approximate surface area is 117 Å². The van der Waals surface area contributed by atoms with E-state index in [-0.39, 0.29) is 19.4 Å². The Hall–Kier alpha value is -1.23. The fourth-order valence-corrected chi connectivity index (χ4v) is 2.76. The zero-order chi connectivity index (χ0) is 14.8. The highest BCUT2D eigenvalue weighted by Gasteiger charge is 2.45. The van der Waals surface area contributed by atoms with Gasteiger partial charge in [0, 0.05) is 5.69 Å². The van der Waals surface area contributed by atoms with Crippen LogP contribution in [0.15, 0.2) is 24.3 Å². The van der Waals surface area contributed by atoms with E-state index >= 15 is 0 Å². The minimum Gasteiger partial charge on any atom is -0.394 e. The van der Waals surface area contributed by atoms with Gasteiger partial charge in [0.1, 0.15) is 0 Å². The number of alkyl halides is 3. The third kappa shape index (κ3) is 3.45. The molecule has 1 aliphatic carbocycles. The topological polar surface area (TPSA) is 32.3 Å². The van der Waals surface area contributed by atoms with Gasteiger partial charge in [0.2, 0.25) is 0 Å². The first-order chi connectivity index (χ1) is 9.35. The van der Waals surface area contributed by atoms with Crippen LogP contribution in [-0.4, -0.2) is 23.4 Å². The highest BCUT2D eigenvalue weighted by molar-refractivity contribution is 5.47. The van der Waals surface area contributed by atoms with Crippen LogP contribution in [0.25, 0.3) is 0 Å². The van der Waals surface area contributed by atoms with Crippen LogP contribution in [-0.2, 0) is 0 Å². The lowest BCUT2D eigenvalue weighted by atomic mass is 9.76. The molecule has 0 spiro atoms. The van der Waals surface area contributed by atoms with E-state index in [0.29, 0.717) is 12.8 Å². The number of anilines is 1. The van der Waals surface area contributed by atoms with Crippen molar-refractivity contribution in [3.63, 3.8) is 0 Å². The first-order valence-corrected chi connectivity index (χ1v) is 6.87. The molecule has 0 saturated heterocycles. The fraction of sp³-hybridized carbons (Fsp3) is 0.600. The van der Waals surface area contributed by atoms with Crippen LogP contribution < -0.4 is 5.32 Å². The van der Waals surface area contributed by atoms with E-state index < -0.39 is 17.6 Å². The lowest BCUT2D eigenvalue weighted by molar-refractivity contribution is -0.184. The third-order valence-corrected chi connectivity index (χ3v) is 4.17. The first kappa shape index (κ1) is 15.2. The Morgan fingerprint density at radius 2 is 1.75 bits per heavy atom. The largest absolute Gasteiger partial charge is 0.394 e. The predicted octanol–water partition coefficient (Wildman–Crippen LogP) is 3.89. The van der Waals surface area contributed by atoms with Crippen molar-refractivity contribution in [2.75, 3.05) is 11.9 Å². The van der Waals surface area contributed by atoms with Gasteiger partial charge in [-0.25, -0.2) is 0 Å². The van der Waals surface area contributed by atoms with Crippen molar-refractivity contribution in [2.24, 2.45) is 5.92 Å². The Morgan fingerprint density at radius 3 is 2.20 bits per heavy atom. The lowest BCUT2D eigenvalue weighted by Gasteiger charge is -2.40. The van der Waals surface area contributed by atoms with Crippen LogP contribution in [0.4, 0.5) is 18.9 Å². The van der Waals surface area contributed by atoms with Crippen molar-refractivity contribution in [2.45, 2.75) is 44.3 Å². The Balaban J connectivity index is 2.03. The second-order valence-corrected chi connectivity index (χ2v) is 5.75. The maximum atomic E-state index is 12.7. The van der Waals surface area contributed by atoms with Gasteiger partial charge in [-0.05, 0) is 44.7 Å². The summed E-state index contributed by atoms with van der Waals surface area (Å²) >= 11 is 0. The smallest absolute Gasteiger partial charge is 0.391 e. The van der Waals surface area contributed by atoms with E-state index in [0.717, 1.165) is 11.3 Å². The molecular formula is C15H20F3NO. The molecular weight excluding hydrogens is 267 g/mol. The molecule has 1 fully saturated rings. The summed E-state index contributed by atoms with van der Waals surface area (Å²) in [7, 11) is 0. The van der Waals surface area contributed by atoms with Gasteiger partial charge in [0.05, 0.1) is 18.1 Å². The number of aliphatic hydroxyl groups is 1. The number of hydrogen-bond donors (Lipinski definition) is 2. The zero-order valence-corrected chi connectivity index (χ0v) is 11.5. The predicted molar refractivity (Wildman–Crippen MR) is 72.6 cm³/mol. The average molecular weight is 287 g/mol.